The Hall–Kier alpha value is -3.73. The standard InChI is InChI=1S/C20H23BrN4O2.2C2HF3O2/c21-16-3-1-14(2-4-16)13-18(22)20(27)25-11-7-15(8-12-25)19(26)24-17-5-9-23-10-6-17;2*3-2(4,5)1(6)7/h1-6,9-10,15,18H,7-8,11-13,22H2,(H,23,24,26);2*(H,6,7)/t18-;;/m1../s1. The molecule has 17 heteroatoms. The number of hydrogen-bond donors (Lipinski definition) is 4. The van der Waals surface area contributed by atoms with Gasteiger partial charge >= 0.3 is 24.3 Å². The second-order valence-electron chi connectivity index (χ2n) is 8.37. The fraction of sp³-hybridized carbons (Fsp3) is 0.375. The monoisotopic (exact) mass is 658 g/mol. The number of alkyl halides is 6. The van der Waals surface area contributed by atoms with E-state index in [-0.39, 0.29) is 17.7 Å². The van der Waals surface area contributed by atoms with Gasteiger partial charge in [0, 0.05) is 41.6 Å². The third-order valence-corrected chi connectivity index (χ3v) is 5.83. The molecule has 226 valence electrons. The average molecular weight is 659 g/mol. The van der Waals surface area contributed by atoms with Crippen LogP contribution in [0, 0.1) is 5.92 Å². The highest BCUT2D eigenvalue weighted by molar-refractivity contribution is 9.10. The number of nitrogens with zero attached hydrogens (tertiary/aromatic N) is 2. The number of anilines is 1. The third kappa shape index (κ3) is 13.5. The van der Waals surface area contributed by atoms with Crippen molar-refractivity contribution in [3.05, 3.63) is 58.8 Å². The number of rotatable bonds is 5. The first kappa shape index (κ1) is 35.3. The van der Waals surface area contributed by atoms with E-state index in [2.05, 4.69) is 26.2 Å². The summed E-state index contributed by atoms with van der Waals surface area (Å²) in [4.78, 5) is 48.5. The number of nitrogens with one attached hydrogen (secondary N) is 1. The molecule has 0 saturated carbocycles. The smallest absolute Gasteiger partial charge is 0.475 e. The number of amides is 2. The number of piperidine rings is 1. The van der Waals surface area contributed by atoms with Crippen LogP contribution in [-0.2, 0) is 25.6 Å². The zero-order valence-electron chi connectivity index (χ0n) is 21.0. The zero-order valence-corrected chi connectivity index (χ0v) is 22.5. The van der Waals surface area contributed by atoms with E-state index in [1.54, 1.807) is 29.4 Å². The number of halogens is 7. The van der Waals surface area contributed by atoms with Crippen molar-refractivity contribution in [2.75, 3.05) is 18.4 Å². The molecular weight excluding hydrogens is 634 g/mol. The van der Waals surface area contributed by atoms with Crippen molar-refractivity contribution in [1.82, 2.24) is 9.88 Å². The number of pyridine rings is 1. The maximum absolute atomic E-state index is 12.6. The summed E-state index contributed by atoms with van der Waals surface area (Å²) in [5.74, 6) is -5.66. The number of carboxylic acid groups (broad SMARTS) is 2. The first-order valence-corrected chi connectivity index (χ1v) is 12.3. The van der Waals surface area contributed by atoms with Gasteiger partial charge in [0.05, 0.1) is 6.04 Å². The molecule has 1 saturated heterocycles. The molecule has 0 unspecified atom stereocenters. The molecule has 10 nitrogen and oxygen atoms in total. The third-order valence-electron chi connectivity index (χ3n) is 5.30. The molecular formula is C24H25BrF6N4O6. The van der Waals surface area contributed by atoms with Crippen LogP contribution in [0.25, 0.3) is 0 Å². The Morgan fingerprint density at radius 3 is 1.78 bits per heavy atom. The van der Waals surface area contributed by atoms with Crippen molar-refractivity contribution in [1.29, 1.82) is 0 Å². The summed E-state index contributed by atoms with van der Waals surface area (Å²) in [6.07, 6.45) is -5.08. The van der Waals surface area contributed by atoms with E-state index in [1.807, 2.05) is 24.3 Å². The van der Waals surface area contributed by atoms with Gasteiger partial charge in [-0.3, -0.25) is 14.6 Å². The topological polar surface area (TPSA) is 163 Å². The number of carboxylic acids is 2. The molecule has 1 atom stereocenters. The highest BCUT2D eigenvalue weighted by Crippen LogP contribution is 2.21. The zero-order chi connectivity index (χ0) is 31.4. The Morgan fingerprint density at radius 2 is 1.37 bits per heavy atom. The molecule has 1 aliphatic heterocycles. The lowest BCUT2D eigenvalue weighted by molar-refractivity contribution is -0.193. The minimum atomic E-state index is -5.08. The van der Waals surface area contributed by atoms with E-state index in [0.29, 0.717) is 32.4 Å². The van der Waals surface area contributed by atoms with Crippen LogP contribution in [-0.4, -0.2) is 75.3 Å². The Balaban J connectivity index is 0.000000497. The summed E-state index contributed by atoms with van der Waals surface area (Å²) in [7, 11) is 0. The van der Waals surface area contributed by atoms with Crippen molar-refractivity contribution < 1.29 is 55.7 Å². The van der Waals surface area contributed by atoms with Crippen LogP contribution in [0.2, 0.25) is 0 Å². The highest BCUT2D eigenvalue weighted by atomic mass is 79.9. The first-order chi connectivity index (χ1) is 18.9. The molecule has 0 aliphatic carbocycles. The Kier molecular flexibility index (Phi) is 13.7. The Morgan fingerprint density at radius 1 is 0.927 bits per heavy atom. The van der Waals surface area contributed by atoms with Gasteiger partial charge in [-0.05, 0) is 49.1 Å². The number of benzene rings is 1. The van der Waals surface area contributed by atoms with Crippen LogP contribution in [0.1, 0.15) is 18.4 Å². The molecule has 2 amide bonds. The van der Waals surface area contributed by atoms with Gasteiger partial charge < -0.3 is 26.2 Å². The Labute approximate surface area is 237 Å². The molecule has 1 fully saturated rings. The maximum atomic E-state index is 12.6. The number of aliphatic carboxylic acids is 2. The summed E-state index contributed by atoms with van der Waals surface area (Å²) >= 11 is 3.40. The summed E-state index contributed by atoms with van der Waals surface area (Å²) in [5.41, 5.74) is 7.90. The number of carbonyl (C=O) groups excluding carboxylic acids is 2. The largest absolute Gasteiger partial charge is 0.490 e. The van der Waals surface area contributed by atoms with Gasteiger partial charge in [0.15, 0.2) is 0 Å². The van der Waals surface area contributed by atoms with E-state index in [0.717, 1.165) is 15.7 Å². The average Bonchev–Trinajstić information content (AvgIpc) is 2.90. The number of likely N-dealkylation sites (tertiary alicyclic amines) is 1. The molecule has 41 heavy (non-hydrogen) atoms. The lowest BCUT2D eigenvalue weighted by Gasteiger charge is -2.33. The van der Waals surface area contributed by atoms with Crippen molar-refractivity contribution in [3.8, 4) is 0 Å². The van der Waals surface area contributed by atoms with Crippen molar-refractivity contribution in [3.63, 3.8) is 0 Å². The molecule has 2 aromatic rings. The van der Waals surface area contributed by atoms with E-state index in [1.165, 1.54) is 0 Å². The molecule has 1 aliphatic rings. The van der Waals surface area contributed by atoms with Gasteiger partial charge in [-0.1, -0.05) is 28.1 Å². The lowest BCUT2D eigenvalue weighted by Crippen LogP contribution is -2.49. The van der Waals surface area contributed by atoms with E-state index >= 15 is 0 Å². The summed E-state index contributed by atoms with van der Waals surface area (Å²) in [6.45, 7) is 1.11. The molecule has 3 rings (SSSR count). The van der Waals surface area contributed by atoms with Gasteiger partial charge in [-0.2, -0.15) is 26.3 Å². The molecule has 5 N–H and O–H groups in total. The van der Waals surface area contributed by atoms with E-state index < -0.39 is 30.3 Å². The summed E-state index contributed by atoms with van der Waals surface area (Å²) in [5, 5.41) is 17.2. The fourth-order valence-corrected chi connectivity index (χ4v) is 3.50. The van der Waals surface area contributed by atoms with E-state index in [9.17, 15) is 35.9 Å². The minimum absolute atomic E-state index is 0.00698. The molecule has 1 aromatic carbocycles. The van der Waals surface area contributed by atoms with Gasteiger partial charge in [-0.15, -0.1) is 0 Å². The van der Waals surface area contributed by atoms with Crippen LogP contribution in [0.15, 0.2) is 53.3 Å². The minimum Gasteiger partial charge on any atom is -0.475 e. The molecule has 1 aromatic heterocycles. The lowest BCUT2D eigenvalue weighted by atomic mass is 9.95. The molecule has 0 radical (unpaired) electrons. The first-order valence-electron chi connectivity index (χ1n) is 11.5. The van der Waals surface area contributed by atoms with Crippen LogP contribution in [0.5, 0.6) is 0 Å². The number of aromatic nitrogens is 1. The number of carbonyl (C=O) groups is 4. The molecule has 0 bridgehead atoms. The van der Waals surface area contributed by atoms with Gasteiger partial charge in [0.1, 0.15) is 0 Å². The van der Waals surface area contributed by atoms with Crippen LogP contribution < -0.4 is 11.1 Å². The maximum Gasteiger partial charge on any atom is 0.490 e. The second-order valence-corrected chi connectivity index (χ2v) is 9.28. The quantitative estimate of drug-likeness (QED) is 0.352. The second kappa shape index (κ2) is 15.9. The van der Waals surface area contributed by atoms with Crippen molar-refractivity contribution in [2.24, 2.45) is 11.7 Å². The van der Waals surface area contributed by atoms with Crippen molar-refractivity contribution >= 4 is 45.4 Å². The van der Waals surface area contributed by atoms with Crippen molar-refractivity contribution in [2.45, 2.75) is 37.7 Å². The van der Waals surface area contributed by atoms with Crippen LogP contribution >= 0.6 is 15.9 Å². The van der Waals surface area contributed by atoms with Crippen LogP contribution in [0.4, 0.5) is 32.0 Å². The van der Waals surface area contributed by atoms with Gasteiger partial charge in [0.2, 0.25) is 11.8 Å². The summed E-state index contributed by atoms with van der Waals surface area (Å²) in [6, 6.07) is 10.8. The SMILES string of the molecule is N[C@H](Cc1ccc(Br)cc1)C(=O)N1CCC(C(=O)Nc2ccncc2)CC1.O=C(O)C(F)(F)F.O=C(O)C(F)(F)F. The fourth-order valence-electron chi connectivity index (χ4n) is 3.24. The number of nitrogens with two attached hydrogens (primary N) is 1. The normalized spacial score (nSPS) is 14.4. The molecule has 2 heterocycles. The van der Waals surface area contributed by atoms with Gasteiger partial charge in [0.25, 0.3) is 0 Å². The molecule has 0 spiro atoms. The number of hydrogen-bond acceptors (Lipinski definition) is 6. The Bertz CT molecular complexity index is 1130. The van der Waals surface area contributed by atoms with Crippen LogP contribution in [0.3, 0.4) is 0 Å². The van der Waals surface area contributed by atoms with Gasteiger partial charge in [-0.25, -0.2) is 9.59 Å². The summed E-state index contributed by atoms with van der Waals surface area (Å²) < 4.78 is 64.5. The predicted octanol–water partition coefficient (Wildman–Crippen LogP) is 3.86. The highest BCUT2D eigenvalue weighted by Gasteiger charge is 2.39. The predicted molar refractivity (Wildman–Crippen MR) is 135 cm³/mol. The van der Waals surface area contributed by atoms with E-state index in [4.69, 9.17) is 25.5 Å².